The fraction of sp³-hybridized carbons (Fsp3) is 0.370. The van der Waals surface area contributed by atoms with Crippen LogP contribution in [0.5, 0.6) is 5.75 Å². The number of carboxylic acid groups (broad SMARTS) is 1. The van der Waals surface area contributed by atoms with Crippen molar-refractivity contribution in [1.29, 1.82) is 0 Å². The van der Waals surface area contributed by atoms with Crippen molar-refractivity contribution in [2.24, 2.45) is 0 Å². The largest absolute Gasteiger partial charge is 0.494 e. The van der Waals surface area contributed by atoms with Crippen LogP contribution < -0.4 is 20.7 Å². The van der Waals surface area contributed by atoms with Crippen LogP contribution in [0.4, 0.5) is 4.79 Å². The Hall–Kier alpha value is -6.27. The lowest BCUT2D eigenvalue weighted by molar-refractivity contribution is -0.137. The van der Waals surface area contributed by atoms with Gasteiger partial charge in [-0.15, -0.1) is 11.8 Å². The van der Waals surface area contributed by atoms with Crippen molar-refractivity contribution in [3.63, 3.8) is 0 Å². The van der Waals surface area contributed by atoms with Crippen molar-refractivity contribution in [1.82, 2.24) is 16.0 Å². The maximum Gasteiger partial charge on any atom is 0.407 e. The van der Waals surface area contributed by atoms with Crippen LogP contribution in [0.15, 0.2) is 133 Å². The highest BCUT2D eigenvalue weighted by atomic mass is 32.2. The number of aliphatic carboxylic acids is 1. The van der Waals surface area contributed by atoms with E-state index < -0.39 is 16.8 Å². The minimum absolute atomic E-state index is 0.00253. The number of carbonyl (C=O) groups excluding carboxylic acids is 3. The zero-order valence-corrected chi connectivity index (χ0v) is 40.2. The Labute approximate surface area is 413 Å². The van der Waals surface area contributed by atoms with Crippen LogP contribution in [0.25, 0.3) is 11.1 Å². The number of carboxylic acids is 1. The normalized spacial score (nSPS) is 11.9. The third-order valence-corrected chi connectivity index (χ3v) is 12.7. The lowest BCUT2D eigenvalue weighted by Crippen LogP contribution is -2.32. The van der Waals surface area contributed by atoms with Gasteiger partial charge in [0.05, 0.1) is 64.2 Å². The SMILES string of the molecule is O=C(O)CCCOc1ccc(C(SCCNC(=O)COCCOCCOCC(=O)NCCOCCOCCNC(=O)OCC2c3ccccc3-c3ccccc32)(c2ccccc2)c2ccccc2)cc1. The first-order valence-electron chi connectivity index (χ1n) is 23.6. The fourth-order valence-corrected chi connectivity index (χ4v) is 9.34. The second kappa shape index (κ2) is 29.7. The Bertz CT molecular complexity index is 2270. The molecular weight excluding hydrogens is 915 g/mol. The summed E-state index contributed by atoms with van der Waals surface area (Å²) in [6, 6.07) is 44.7. The van der Waals surface area contributed by atoms with Gasteiger partial charge in [0, 0.05) is 37.7 Å². The zero-order valence-electron chi connectivity index (χ0n) is 39.4. The number of carbonyl (C=O) groups is 4. The highest BCUT2D eigenvalue weighted by molar-refractivity contribution is 8.00. The molecule has 0 aromatic heterocycles. The second-order valence-corrected chi connectivity index (χ2v) is 17.3. The Morgan fingerprint density at radius 1 is 0.514 bits per heavy atom. The molecule has 0 spiro atoms. The molecule has 16 heteroatoms. The quantitative estimate of drug-likeness (QED) is 0.0254. The maximum absolute atomic E-state index is 12.7. The van der Waals surface area contributed by atoms with E-state index in [1.165, 1.54) is 11.1 Å². The molecule has 0 unspecified atom stereocenters. The number of ether oxygens (including phenoxy) is 7. The lowest BCUT2D eigenvalue weighted by Gasteiger charge is -2.35. The first-order chi connectivity index (χ1) is 34.3. The Morgan fingerprint density at radius 3 is 1.54 bits per heavy atom. The van der Waals surface area contributed by atoms with Crippen LogP contribution in [0.1, 0.15) is 46.6 Å². The van der Waals surface area contributed by atoms with E-state index >= 15 is 0 Å². The molecule has 0 aliphatic heterocycles. The molecule has 6 rings (SSSR count). The van der Waals surface area contributed by atoms with Crippen LogP contribution in [-0.4, -0.2) is 134 Å². The average molecular weight is 978 g/mol. The van der Waals surface area contributed by atoms with E-state index in [9.17, 15) is 19.2 Å². The van der Waals surface area contributed by atoms with Crippen molar-refractivity contribution in [3.05, 3.63) is 161 Å². The van der Waals surface area contributed by atoms with Gasteiger partial charge < -0.3 is 54.2 Å². The zero-order chi connectivity index (χ0) is 49.1. The number of benzene rings is 5. The van der Waals surface area contributed by atoms with Crippen LogP contribution in [0, 0.1) is 0 Å². The molecular formula is C54H63N3O12S. The van der Waals surface area contributed by atoms with Crippen LogP contribution >= 0.6 is 11.8 Å². The van der Waals surface area contributed by atoms with Gasteiger partial charge in [0.2, 0.25) is 11.8 Å². The van der Waals surface area contributed by atoms with Gasteiger partial charge in [0.25, 0.3) is 0 Å². The van der Waals surface area contributed by atoms with Gasteiger partial charge >= 0.3 is 12.1 Å². The number of hydrogen-bond acceptors (Lipinski definition) is 12. The number of thioether (sulfide) groups is 1. The van der Waals surface area contributed by atoms with Gasteiger partial charge in [-0.3, -0.25) is 14.4 Å². The Balaban J connectivity index is 0.748. The first-order valence-corrected chi connectivity index (χ1v) is 24.5. The topological polar surface area (TPSA) is 189 Å². The summed E-state index contributed by atoms with van der Waals surface area (Å²) in [5.74, 6) is -0.0897. The summed E-state index contributed by atoms with van der Waals surface area (Å²) < 4.78 is 38.2. The van der Waals surface area contributed by atoms with Crippen molar-refractivity contribution in [2.45, 2.75) is 23.5 Å². The van der Waals surface area contributed by atoms with Crippen LogP contribution in [0.3, 0.4) is 0 Å². The summed E-state index contributed by atoms with van der Waals surface area (Å²) in [6.07, 6.45) is -0.0169. The third kappa shape index (κ3) is 16.7. The molecule has 0 bridgehead atoms. The lowest BCUT2D eigenvalue weighted by atomic mass is 9.84. The van der Waals surface area contributed by atoms with Crippen LogP contribution in [-0.2, 0) is 47.6 Å². The molecule has 0 radical (unpaired) electrons. The maximum atomic E-state index is 12.7. The number of alkyl carbamates (subject to hydrolysis) is 1. The summed E-state index contributed by atoms with van der Waals surface area (Å²) in [4.78, 5) is 48.0. The number of hydrogen-bond donors (Lipinski definition) is 4. The van der Waals surface area contributed by atoms with Crippen LogP contribution in [0.2, 0.25) is 0 Å². The van der Waals surface area contributed by atoms with Gasteiger partial charge in [-0.2, -0.15) is 0 Å². The van der Waals surface area contributed by atoms with Gasteiger partial charge in [0.15, 0.2) is 0 Å². The van der Waals surface area contributed by atoms with E-state index in [1.807, 2.05) is 84.9 Å². The summed E-state index contributed by atoms with van der Waals surface area (Å²) in [7, 11) is 0. The molecule has 5 aromatic rings. The smallest absolute Gasteiger partial charge is 0.407 e. The average Bonchev–Trinajstić information content (AvgIpc) is 3.71. The number of rotatable bonds is 33. The molecule has 0 heterocycles. The highest BCUT2D eigenvalue weighted by Crippen LogP contribution is 2.49. The molecule has 372 valence electrons. The summed E-state index contributed by atoms with van der Waals surface area (Å²) >= 11 is 1.71. The van der Waals surface area contributed by atoms with Crippen molar-refractivity contribution in [3.8, 4) is 16.9 Å². The molecule has 3 amide bonds. The summed E-state index contributed by atoms with van der Waals surface area (Å²) in [5, 5.41) is 17.4. The first kappa shape index (κ1) is 53.1. The molecule has 4 N–H and O–H groups in total. The molecule has 0 atom stereocenters. The van der Waals surface area contributed by atoms with E-state index in [1.54, 1.807) is 11.8 Å². The van der Waals surface area contributed by atoms with E-state index in [2.05, 4.69) is 64.5 Å². The fourth-order valence-electron chi connectivity index (χ4n) is 7.92. The predicted octanol–water partition coefficient (Wildman–Crippen LogP) is 6.81. The Kier molecular flexibility index (Phi) is 22.5. The third-order valence-electron chi connectivity index (χ3n) is 11.2. The van der Waals surface area contributed by atoms with Crippen molar-refractivity contribution >= 4 is 35.6 Å². The monoisotopic (exact) mass is 977 g/mol. The number of amides is 3. The molecule has 1 aliphatic rings. The Morgan fingerprint density at radius 2 is 0.986 bits per heavy atom. The molecule has 0 saturated carbocycles. The van der Waals surface area contributed by atoms with E-state index in [4.69, 9.17) is 38.3 Å². The minimum atomic E-state index is -0.848. The molecule has 70 heavy (non-hydrogen) atoms. The van der Waals surface area contributed by atoms with Gasteiger partial charge in [-0.05, 0) is 57.5 Å². The molecule has 5 aromatic carbocycles. The number of fused-ring (bicyclic) bond motifs is 3. The van der Waals surface area contributed by atoms with E-state index in [0.717, 1.165) is 27.8 Å². The molecule has 0 saturated heterocycles. The number of nitrogens with one attached hydrogen (secondary N) is 3. The van der Waals surface area contributed by atoms with Crippen molar-refractivity contribution < 1.29 is 57.4 Å². The van der Waals surface area contributed by atoms with Gasteiger partial charge in [-0.25, -0.2) is 4.79 Å². The standard InChI is InChI=1S/C54H63N3O12S/c58-50(55-25-29-63-31-32-64-30-26-57-53(62)69-38-49-47-18-9-7-16-45(47)46-17-8-10-19-48(46)49)39-66-35-33-65-34-36-67-40-51(59)56-27-37-70-54(41-12-3-1-4-13-41,42-14-5-2-6-15-42)43-21-23-44(24-22-43)68-28-11-20-52(60)61/h1-10,12-19,21-24,49H,11,20,25-40H2,(H,55,58)(H,56,59)(H,57,62)(H,60,61). The van der Waals surface area contributed by atoms with Crippen molar-refractivity contribution in [2.75, 3.05) is 105 Å². The van der Waals surface area contributed by atoms with Gasteiger partial charge in [-0.1, -0.05) is 121 Å². The summed E-state index contributed by atoms with van der Waals surface area (Å²) in [5.41, 5.74) is 7.88. The highest BCUT2D eigenvalue weighted by Gasteiger charge is 2.37. The van der Waals surface area contributed by atoms with E-state index in [-0.39, 0.29) is 70.4 Å². The second-order valence-electron chi connectivity index (χ2n) is 16.0. The molecule has 0 fully saturated rings. The molecule has 15 nitrogen and oxygen atoms in total. The van der Waals surface area contributed by atoms with Gasteiger partial charge in [0.1, 0.15) is 25.6 Å². The minimum Gasteiger partial charge on any atom is -0.494 e. The predicted molar refractivity (Wildman–Crippen MR) is 267 cm³/mol. The summed E-state index contributed by atoms with van der Waals surface area (Å²) in [6.45, 7) is 3.62. The van der Waals surface area contributed by atoms with E-state index in [0.29, 0.717) is 70.6 Å². The molecule has 1 aliphatic carbocycles.